The molecule has 1 heterocycles. The fraction of sp³-hybridized carbons (Fsp3) is 0.308. The van der Waals surface area contributed by atoms with E-state index in [0.717, 1.165) is 35.1 Å². The number of rotatable bonds is 9. The summed E-state index contributed by atoms with van der Waals surface area (Å²) < 4.78 is 16.8. The molecule has 32 heavy (non-hydrogen) atoms. The zero-order valence-electron chi connectivity index (χ0n) is 18.9. The number of pyridine rings is 1. The lowest BCUT2D eigenvalue weighted by molar-refractivity contribution is 0.0296. The second-order valence-corrected chi connectivity index (χ2v) is 7.99. The van der Waals surface area contributed by atoms with Crippen LogP contribution < -0.4 is 9.47 Å². The van der Waals surface area contributed by atoms with Crippen LogP contribution in [0.1, 0.15) is 52.1 Å². The van der Waals surface area contributed by atoms with E-state index >= 15 is 0 Å². The second-order valence-electron chi connectivity index (χ2n) is 7.58. The lowest BCUT2D eigenvalue weighted by atomic mass is 9.98. The second kappa shape index (κ2) is 11.0. The highest BCUT2D eigenvalue weighted by Crippen LogP contribution is 2.34. The number of aromatic nitrogens is 1. The third-order valence-corrected chi connectivity index (χ3v) is 5.67. The molecule has 5 nitrogen and oxygen atoms in total. The highest BCUT2D eigenvalue weighted by Gasteiger charge is 2.23. The van der Waals surface area contributed by atoms with E-state index in [4.69, 9.17) is 25.8 Å². The fourth-order valence-electron chi connectivity index (χ4n) is 3.62. The van der Waals surface area contributed by atoms with E-state index in [1.807, 2.05) is 37.3 Å². The Morgan fingerprint density at radius 3 is 2.53 bits per heavy atom. The molecular weight excluding hydrogens is 426 g/mol. The molecule has 0 fully saturated rings. The van der Waals surface area contributed by atoms with E-state index in [9.17, 15) is 4.79 Å². The van der Waals surface area contributed by atoms with Crippen LogP contribution in [0.3, 0.4) is 0 Å². The number of esters is 1. The van der Waals surface area contributed by atoms with Gasteiger partial charge < -0.3 is 14.2 Å². The van der Waals surface area contributed by atoms with E-state index in [0.29, 0.717) is 28.5 Å². The van der Waals surface area contributed by atoms with Gasteiger partial charge in [-0.15, -0.1) is 0 Å². The smallest absolute Gasteiger partial charge is 0.338 e. The molecule has 2 aromatic carbocycles. The number of hydrogen-bond donors (Lipinski definition) is 0. The van der Waals surface area contributed by atoms with Crippen LogP contribution in [0.5, 0.6) is 11.5 Å². The largest absolute Gasteiger partial charge is 0.493 e. The maximum Gasteiger partial charge on any atom is 0.338 e. The molecule has 0 amide bonds. The quantitative estimate of drug-likeness (QED) is 0.363. The van der Waals surface area contributed by atoms with Gasteiger partial charge in [-0.05, 0) is 59.9 Å². The van der Waals surface area contributed by atoms with Crippen LogP contribution in [-0.4, -0.2) is 25.2 Å². The first kappa shape index (κ1) is 23.6. The number of halogens is 1. The third-order valence-electron chi connectivity index (χ3n) is 5.34. The third kappa shape index (κ3) is 5.60. The zero-order valence-corrected chi connectivity index (χ0v) is 19.6. The van der Waals surface area contributed by atoms with Gasteiger partial charge in [-0.25, -0.2) is 4.79 Å². The summed E-state index contributed by atoms with van der Waals surface area (Å²) in [6.45, 7) is 4.05. The summed E-state index contributed by atoms with van der Waals surface area (Å²) in [5.74, 6) is 0.783. The number of carbonyl (C=O) groups excluding carboxylic acids is 1. The van der Waals surface area contributed by atoms with Gasteiger partial charge in [-0.1, -0.05) is 43.1 Å². The molecule has 6 heteroatoms. The van der Waals surface area contributed by atoms with Gasteiger partial charge in [-0.3, -0.25) is 4.98 Å². The van der Waals surface area contributed by atoms with Crippen molar-refractivity contribution in [1.29, 1.82) is 0 Å². The van der Waals surface area contributed by atoms with Crippen molar-refractivity contribution in [1.82, 2.24) is 4.98 Å². The summed E-state index contributed by atoms with van der Waals surface area (Å²) in [4.78, 5) is 17.2. The number of carbonyl (C=O) groups is 1. The van der Waals surface area contributed by atoms with Crippen LogP contribution in [0.15, 0.2) is 54.9 Å². The molecule has 0 aliphatic carbocycles. The highest BCUT2D eigenvalue weighted by molar-refractivity contribution is 6.31. The first-order valence-electron chi connectivity index (χ1n) is 10.6. The molecule has 3 rings (SSSR count). The highest BCUT2D eigenvalue weighted by atomic mass is 35.5. The minimum atomic E-state index is -0.573. The topological polar surface area (TPSA) is 57.7 Å². The Bertz CT molecular complexity index is 1060. The lowest BCUT2D eigenvalue weighted by Gasteiger charge is -2.21. The van der Waals surface area contributed by atoms with Crippen molar-refractivity contribution in [2.45, 2.75) is 39.2 Å². The summed E-state index contributed by atoms with van der Waals surface area (Å²) in [5, 5.41) is 0.538. The molecule has 3 aromatic rings. The van der Waals surface area contributed by atoms with Gasteiger partial charge in [0.2, 0.25) is 0 Å². The monoisotopic (exact) mass is 453 g/mol. The lowest BCUT2D eigenvalue weighted by Crippen LogP contribution is -2.15. The predicted octanol–water partition coefficient (Wildman–Crippen LogP) is 6.15. The molecule has 0 bridgehead atoms. The predicted molar refractivity (Wildman–Crippen MR) is 126 cm³/mol. The minimum Gasteiger partial charge on any atom is -0.493 e. The maximum atomic E-state index is 13.1. The van der Waals surface area contributed by atoms with Gasteiger partial charge in [0.1, 0.15) is 6.10 Å². The summed E-state index contributed by atoms with van der Waals surface area (Å²) in [7, 11) is 3.16. The Labute approximate surface area is 194 Å². The molecule has 0 aliphatic heterocycles. The van der Waals surface area contributed by atoms with Gasteiger partial charge >= 0.3 is 5.97 Å². The van der Waals surface area contributed by atoms with Gasteiger partial charge in [-0.2, -0.15) is 0 Å². The van der Waals surface area contributed by atoms with Crippen LogP contribution in [0.2, 0.25) is 5.02 Å². The van der Waals surface area contributed by atoms with Crippen molar-refractivity contribution >= 4 is 17.6 Å². The molecule has 0 radical (unpaired) electrons. The first-order valence-corrected chi connectivity index (χ1v) is 10.9. The number of nitrogens with zero attached hydrogens (tertiary/aromatic N) is 1. The Morgan fingerprint density at radius 1 is 1.06 bits per heavy atom. The van der Waals surface area contributed by atoms with Crippen LogP contribution in [0, 0.1) is 6.92 Å². The Kier molecular flexibility index (Phi) is 8.12. The molecule has 1 atom stereocenters. The van der Waals surface area contributed by atoms with Gasteiger partial charge in [0.05, 0.1) is 24.8 Å². The van der Waals surface area contributed by atoms with Crippen molar-refractivity contribution in [2.75, 3.05) is 14.2 Å². The standard InChI is InChI=1S/C26H28ClNO4/c1-5-7-18-8-6-9-20(12-18)26(29)32-24(14-21-17(2)15-28-16-22(21)27)19-10-11-23(30-3)25(13-19)31-4/h6,8-13,15-16,24H,5,7,14H2,1-4H3/t24-/m0/s1. The van der Waals surface area contributed by atoms with E-state index in [1.54, 1.807) is 38.7 Å². The SMILES string of the molecule is CCCc1cccc(C(=O)O[C@@H](Cc2c(C)cncc2Cl)c2ccc(OC)c(OC)c2)c1. The summed E-state index contributed by atoms with van der Waals surface area (Å²) in [5.41, 5.74) is 4.24. The number of hydrogen-bond acceptors (Lipinski definition) is 5. The van der Waals surface area contributed by atoms with Gasteiger partial charge in [0.15, 0.2) is 11.5 Å². The van der Waals surface area contributed by atoms with Gasteiger partial charge in [0.25, 0.3) is 0 Å². The normalized spacial score (nSPS) is 11.7. The van der Waals surface area contributed by atoms with Crippen molar-refractivity contribution in [2.24, 2.45) is 0 Å². The summed E-state index contributed by atoms with van der Waals surface area (Å²) in [6.07, 6.45) is 5.10. The van der Waals surface area contributed by atoms with Crippen LogP contribution >= 0.6 is 11.6 Å². The van der Waals surface area contributed by atoms with E-state index < -0.39 is 6.10 Å². The molecule has 0 unspecified atom stereocenters. The summed E-state index contributed by atoms with van der Waals surface area (Å²) in [6, 6.07) is 13.1. The van der Waals surface area contributed by atoms with Crippen molar-refractivity contribution in [3.8, 4) is 11.5 Å². The molecule has 0 saturated carbocycles. The molecule has 0 saturated heterocycles. The number of methoxy groups -OCH3 is 2. The van der Waals surface area contributed by atoms with Gasteiger partial charge in [0, 0.05) is 18.8 Å². The first-order chi connectivity index (χ1) is 15.5. The number of benzene rings is 2. The zero-order chi connectivity index (χ0) is 23.1. The Hall–Kier alpha value is -3.05. The number of ether oxygens (including phenoxy) is 3. The minimum absolute atomic E-state index is 0.384. The average molecular weight is 454 g/mol. The summed E-state index contributed by atoms with van der Waals surface area (Å²) >= 11 is 6.43. The number of aryl methyl sites for hydroxylation is 2. The molecule has 168 valence electrons. The fourth-order valence-corrected chi connectivity index (χ4v) is 3.91. The Balaban J connectivity index is 1.97. The van der Waals surface area contributed by atoms with Crippen LogP contribution in [0.4, 0.5) is 0 Å². The molecular formula is C26H28ClNO4. The molecule has 0 spiro atoms. The van der Waals surface area contributed by atoms with E-state index in [2.05, 4.69) is 11.9 Å². The van der Waals surface area contributed by atoms with Crippen LogP contribution in [-0.2, 0) is 17.6 Å². The molecule has 1 aromatic heterocycles. The van der Waals surface area contributed by atoms with Crippen LogP contribution in [0.25, 0.3) is 0 Å². The molecule has 0 aliphatic rings. The Morgan fingerprint density at radius 2 is 1.84 bits per heavy atom. The maximum absolute atomic E-state index is 13.1. The van der Waals surface area contributed by atoms with E-state index in [1.165, 1.54) is 0 Å². The molecule has 0 N–H and O–H groups in total. The van der Waals surface area contributed by atoms with E-state index in [-0.39, 0.29) is 5.97 Å². The van der Waals surface area contributed by atoms with Crippen molar-refractivity contribution in [3.05, 3.63) is 87.7 Å². The average Bonchev–Trinajstić information content (AvgIpc) is 2.80. The van der Waals surface area contributed by atoms with Crippen molar-refractivity contribution < 1.29 is 19.0 Å². The van der Waals surface area contributed by atoms with Crippen molar-refractivity contribution in [3.63, 3.8) is 0 Å².